The van der Waals surface area contributed by atoms with Crippen molar-refractivity contribution < 1.29 is 15.0 Å². The maximum Gasteiger partial charge on any atom is 0.337 e. The summed E-state index contributed by atoms with van der Waals surface area (Å²) in [5.74, 6) is -0.964. The molecule has 32 heavy (non-hydrogen) atoms. The van der Waals surface area contributed by atoms with E-state index in [1.165, 1.54) is 0 Å². The van der Waals surface area contributed by atoms with E-state index >= 15 is 0 Å². The van der Waals surface area contributed by atoms with E-state index < -0.39 is 5.97 Å². The average Bonchev–Trinajstić information content (AvgIpc) is 3.27. The molecule has 3 aromatic rings. The summed E-state index contributed by atoms with van der Waals surface area (Å²) in [7, 11) is 0. The van der Waals surface area contributed by atoms with Gasteiger partial charge in [-0.1, -0.05) is 18.2 Å². The topological polar surface area (TPSA) is 90.6 Å². The van der Waals surface area contributed by atoms with Crippen LogP contribution in [0.4, 0.5) is 0 Å². The second-order valence-corrected chi connectivity index (χ2v) is 8.27. The summed E-state index contributed by atoms with van der Waals surface area (Å²) in [5, 5.41) is 23.2. The van der Waals surface area contributed by atoms with Gasteiger partial charge in [0.05, 0.1) is 29.0 Å². The average molecular weight is 451 g/mol. The van der Waals surface area contributed by atoms with Crippen LogP contribution in [0.5, 0.6) is 0 Å². The van der Waals surface area contributed by atoms with Gasteiger partial charge in [0.2, 0.25) is 0 Å². The molecule has 3 N–H and O–H groups in total. The third kappa shape index (κ3) is 3.87. The Bertz CT molecular complexity index is 1150. The molecule has 0 bridgehead atoms. The van der Waals surface area contributed by atoms with Crippen molar-refractivity contribution in [3.8, 4) is 5.69 Å². The van der Waals surface area contributed by atoms with E-state index in [1.807, 2.05) is 48.7 Å². The minimum absolute atomic E-state index is 0.0745. The predicted octanol–water partition coefficient (Wildman–Crippen LogP) is 3.54. The lowest BCUT2D eigenvalue weighted by Crippen LogP contribution is -2.31. The van der Waals surface area contributed by atoms with Crippen LogP contribution in [-0.4, -0.2) is 48.9 Å². The second kappa shape index (κ2) is 9.10. The van der Waals surface area contributed by atoms with Crippen molar-refractivity contribution in [1.29, 1.82) is 0 Å². The summed E-state index contributed by atoms with van der Waals surface area (Å²) in [6.45, 7) is 4.66. The van der Waals surface area contributed by atoms with Gasteiger partial charge in [0.15, 0.2) is 5.11 Å². The van der Waals surface area contributed by atoms with Crippen LogP contribution in [-0.2, 0) is 0 Å². The summed E-state index contributed by atoms with van der Waals surface area (Å²) >= 11 is 5.66. The minimum Gasteiger partial charge on any atom is -0.478 e. The van der Waals surface area contributed by atoms with Gasteiger partial charge in [0.25, 0.3) is 0 Å². The zero-order valence-electron chi connectivity index (χ0n) is 18.0. The number of para-hydroxylation sites is 1. The number of carboxylic acids is 1. The summed E-state index contributed by atoms with van der Waals surface area (Å²) in [6.07, 6.45) is 2.35. The highest BCUT2D eigenvalue weighted by molar-refractivity contribution is 7.80. The van der Waals surface area contributed by atoms with Crippen LogP contribution in [0.25, 0.3) is 5.69 Å². The molecule has 0 unspecified atom stereocenters. The number of carboxylic acid groups (broad SMARTS) is 1. The van der Waals surface area contributed by atoms with Crippen molar-refractivity contribution in [3.63, 3.8) is 0 Å². The summed E-state index contributed by atoms with van der Waals surface area (Å²) in [5.41, 5.74) is 4.68. The number of nitrogens with zero attached hydrogens (tertiary/aromatic N) is 3. The maximum absolute atomic E-state index is 11.9. The van der Waals surface area contributed by atoms with E-state index in [1.54, 1.807) is 18.3 Å². The number of hydrogen-bond acceptors (Lipinski definition) is 4. The highest BCUT2D eigenvalue weighted by Crippen LogP contribution is 2.41. The monoisotopic (exact) mass is 450 g/mol. The van der Waals surface area contributed by atoms with Crippen molar-refractivity contribution in [2.24, 2.45) is 0 Å². The number of aliphatic hydroxyl groups excluding tert-OH is 1. The molecular weight excluding hydrogens is 424 g/mol. The van der Waals surface area contributed by atoms with Crippen LogP contribution < -0.4 is 5.32 Å². The van der Waals surface area contributed by atoms with Crippen LogP contribution in [0.15, 0.2) is 54.7 Å². The number of aromatic carboxylic acids is 1. The SMILES string of the molecule is Cc1cc([C@@H]2[C@H](c3ccccn3)NC(=S)N2CCCO)c(C)n1-c1ccccc1C(=O)O. The highest BCUT2D eigenvalue weighted by atomic mass is 32.1. The van der Waals surface area contributed by atoms with E-state index in [2.05, 4.69) is 21.3 Å². The summed E-state index contributed by atoms with van der Waals surface area (Å²) in [6, 6.07) is 14.6. The number of carbonyl (C=O) groups is 1. The van der Waals surface area contributed by atoms with Crippen LogP contribution >= 0.6 is 12.2 Å². The zero-order chi connectivity index (χ0) is 22.8. The fraction of sp³-hybridized carbons (Fsp3) is 0.292. The van der Waals surface area contributed by atoms with Crippen LogP contribution in [0, 0.1) is 13.8 Å². The molecule has 0 amide bonds. The van der Waals surface area contributed by atoms with E-state index in [9.17, 15) is 15.0 Å². The lowest BCUT2D eigenvalue weighted by molar-refractivity contribution is 0.0697. The normalized spacial score (nSPS) is 18.1. The van der Waals surface area contributed by atoms with Crippen molar-refractivity contribution in [2.75, 3.05) is 13.2 Å². The highest BCUT2D eigenvalue weighted by Gasteiger charge is 2.41. The fourth-order valence-corrected chi connectivity index (χ4v) is 4.86. The van der Waals surface area contributed by atoms with E-state index in [0.717, 1.165) is 22.6 Å². The number of aliphatic hydroxyl groups is 1. The van der Waals surface area contributed by atoms with Gasteiger partial charge in [-0.05, 0) is 68.4 Å². The molecule has 1 fully saturated rings. The molecule has 0 radical (unpaired) electrons. The molecule has 4 rings (SSSR count). The van der Waals surface area contributed by atoms with Gasteiger partial charge in [-0.15, -0.1) is 0 Å². The van der Waals surface area contributed by atoms with E-state index in [0.29, 0.717) is 23.8 Å². The summed E-state index contributed by atoms with van der Waals surface area (Å²) in [4.78, 5) is 18.5. The predicted molar refractivity (Wildman–Crippen MR) is 126 cm³/mol. The van der Waals surface area contributed by atoms with Crippen LogP contribution in [0.1, 0.15) is 51.5 Å². The Hall–Kier alpha value is -3.23. The van der Waals surface area contributed by atoms with Gasteiger partial charge in [-0.25, -0.2) is 4.79 Å². The first-order chi connectivity index (χ1) is 15.4. The van der Waals surface area contributed by atoms with Crippen molar-refractivity contribution in [3.05, 3.63) is 82.9 Å². The van der Waals surface area contributed by atoms with Gasteiger partial charge < -0.3 is 25.0 Å². The Morgan fingerprint density at radius 3 is 2.62 bits per heavy atom. The Balaban J connectivity index is 1.85. The molecule has 2 aromatic heterocycles. The first kappa shape index (κ1) is 22.0. The molecule has 1 saturated heterocycles. The van der Waals surface area contributed by atoms with Crippen molar-refractivity contribution in [1.82, 2.24) is 19.8 Å². The number of benzene rings is 1. The molecule has 166 valence electrons. The smallest absolute Gasteiger partial charge is 0.337 e. The van der Waals surface area contributed by atoms with E-state index in [-0.39, 0.29) is 24.3 Å². The van der Waals surface area contributed by atoms with Gasteiger partial charge in [0, 0.05) is 30.7 Å². The van der Waals surface area contributed by atoms with Crippen molar-refractivity contribution in [2.45, 2.75) is 32.4 Å². The third-order valence-electron chi connectivity index (χ3n) is 5.92. The Kier molecular flexibility index (Phi) is 6.25. The molecule has 8 heteroatoms. The van der Waals surface area contributed by atoms with Crippen LogP contribution in [0.3, 0.4) is 0 Å². The van der Waals surface area contributed by atoms with Gasteiger partial charge in [-0.2, -0.15) is 0 Å². The summed E-state index contributed by atoms with van der Waals surface area (Å²) < 4.78 is 1.99. The molecule has 1 aliphatic heterocycles. The molecule has 0 aliphatic carbocycles. The zero-order valence-corrected chi connectivity index (χ0v) is 18.8. The lowest BCUT2D eigenvalue weighted by atomic mass is 9.96. The largest absolute Gasteiger partial charge is 0.478 e. The Morgan fingerprint density at radius 2 is 1.94 bits per heavy atom. The fourth-order valence-electron chi connectivity index (χ4n) is 4.53. The molecule has 1 aliphatic rings. The molecular formula is C24H26N4O3S. The quantitative estimate of drug-likeness (QED) is 0.474. The number of nitrogens with one attached hydrogen (secondary N) is 1. The first-order valence-corrected chi connectivity index (χ1v) is 10.9. The Morgan fingerprint density at radius 1 is 1.19 bits per heavy atom. The number of hydrogen-bond donors (Lipinski definition) is 3. The van der Waals surface area contributed by atoms with Crippen molar-refractivity contribution >= 4 is 23.3 Å². The number of rotatable bonds is 7. The minimum atomic E-state index is -0.964. The third-order valence-corrected chi connectivity index (χ3v) is 6.27. The maximum atomic E-state index is 11.9. The number of pyridine rings is 1. The van der Waals surface area contributed by atoms with Crippen LogP contribution in [0.2, 0.25) is 0 Å². The Labute approximate surface area is 192 Å². The molecule has 1 aromatic carbocycles. The second-order valence-electron chi connectivity index (χ2n) is 7.88. The lowest BCUT2D eigenvalue weighted by Gasteiger charge is -2.28. The molecule has 0 saturated carbocycles. The van der Waals surface area contributed by atoms with Gasteiger partial charge in [0.1, 0.15) is 0 Å². The first-order valence-electron chi connectivity index (χ1n) is 10.5. The van der Waals surface area contributed by atoms with Gasteiger partial charge in [-0.3, -0.25) is 4.98 Å². The van der Waals surface area contributed by atoms with E-state index in [4.69, 9.17) is 12.2 Å². The number of aromatic nitrogens is 2. The molecule has 3 heterocycles. The number of thiocarbonyl (C=S) groups is 1. The molecule has 2 atom stereocenters. The standard InChI is InChI=1S/C24H26N4O3S/c1-15-14-18(16(2)28(15)20-10-4-3-8-17(20)23(30)31)22-21(19-9-5-6-11-25-19)26-24(32)27(22)12-7-13-29/h3-6,8-11,14,21-22,29H,7,12-13H2,1-2H3,(H,26,32)(H,30,31)/t21-,22+/m0/s1. The van der Waals surface area contributed by atoms with Gasteiger partial charge >= 0.3 is 5.97 Å². The molecule has 7 nitrogen and oxygen atoms in total. The number of aryl methyl sites for hydroxylation is 1. The molecule has 0 spiro atoms.